The van der Waals surface area contributed by atoms with Crippen molar-refractivity contribution in [2.24, 2.45) is 0 Å². The Morgan fingerprint density at radius 3 is 2.90 bits per heavy atom. The van der Waals surface area contributed by atoms with E-state index in [-0.39, 0.29) is 23.3 Å². The lowest BCUT2D eigenvalue weighted by atomic mass is 9.88. The zero-order chi connectivity index (χ0) is 15.1. The molecular weight excluding hydrogens is 269 g/mol. The van der Waals surface area contributed by atoms with E-state index in [0.717, 1.165) is 23.4 Å². The molecule has 0 saturated carbocycles. The first-order valence-corrected chi connectivity index (χ1v) is 7.17. The number of hydrogen-bond acceptors (Lipinski definition) is 2. The van der Waals surface area contributed by atoms with Crippen molar-refractivity contribution in [3.63, 3.8) is 0 Å². The summed E-state index contributed by atoms with van der Waals surface area (Å²) < 4.78 is 21.2. The molecule has 0 fully saturated rings. The number of ketones is 1. The lowest BCUT2D eigenvalue weighted by Gasteiger charge is -2.26. The van der Waals surface area contributed by atoms with Crippen LogP contribution < -0.4 is 4.74 Å². The predicted molar refractivity (Wildman–Crippen MR) is 79.4 cm³/mol. The average molecular weight is 287 g/mol. The second kappa shape index (κ2) is 5.02. The molecule has 2 heterocycles. The van der Waals surface area contributed by atoms with Gasteiger partial charge < -0.3 is 9.30 Å². The molecule has 1 aromatic heterocycles. The number of fused-ring (bicyclic) bond motifs is 3. The summed E-state index contributed by atoms with van der Waals surface area (Å²) in [6.07, 6.45) is 2.40. The highest BCUT2D eigenvalue weighted by Gasteiger charge is 2.27. The number of halogens is 1. The number of hydrogen-bond donors (Lipinski definition) is 0. The lowest BCUT2D eigenvalue weighted by molar-refractivity contribution is 0.0988. The first kappa shape index (κ1) is 13.9. The Balaban J connectivity index is 2.27. The minimum Gasteiger partial charge on any atom is -0.494 e. The molecule has 1 aliphatic heterocycles. The van der Waals surface area contributed by atoms with E-state index < -0.39 is 0 Å². The maximum atomic E-state index is 14.0. The third-order valence-corrected chi connectivity index (χ3v) is 4.17. The molecule has 1 aliphatic rings. The highest BCUT2D eigenvalue weighted by atomic mass is 19.1. The minimum absolute atomic E-state index is 0.104. The first-order chi connectivity index (χ1) is 10.1. The van der Waals surface area contributed by atoms with Crippen LogP contribution in [0.2, 0.25) is 0 Å². The molecule has 0 saturated heterocycles. The number of benzene rings is 1. The average Bonchev–Trinajstić information content (AvgIpc) is 2.90. The van der Waals surface area contributed by atoms with Gasteiger partial charge in [0.15, 0.2) is 17.3 Å². The monoisotopic (exact) mass is 287 g/mol. The standard InChI is InChI=1S/C17H18FNO2/c1-4-15(20)11-5-6-19-9-10(2)12-7-14(18)16(21-3)8-13(12)17(11)19/h5-8,10H,4,9H2,1-3H3. The minimum atomic E-state index is -0.355. The molecule has 0 amide bonds. The fraction of sp³-hybridized carbons (Fsp3) is 0.353. The van der Waals surface area contributed by atoms with Gasteiger partial charge in [-0.1, -0.05) is 13.8 Å². The van der Waals surface area contributed by atoms with Crippen LogP contribution in [0.4, 0.5) is 4.39 Å². The van der Waals surface area contributed by atoms with Gasteiger partial charge in [-0.3, -0.25) is 4.79 Å². The number of methoxy groups -OCH3 is 1. The summed E-state index contributed by atoms with van der Waals surface area (Å²) >= 11 is 0. The second-order valence-electron chi connectivity index (χ2n) is 5.48. The van der Waals surface area contributed by atoms with Gasteiger partial charge in [0.2, 0.25) is 0 Å². The van der Waals surface area contributed by atoms with Crippen molar-refractivity contribution in [1.82, 2.24) is 4.57 Å². The summed E-state index contributed by atoms with van der Waals surface area (Å²) in [5, 5.41) is 0. The van der Waals surface area contributed by atoms with Crippen LogP contribution >= 0.6 is 0 Å². The zero-order valence-electron chi connectivity index (χ0n) is 12.4. The van der Waals surface area contributed by atoms with Crippen LogP contribution in [0.3, 0.4) is 0 Å². The quantitative estimate of drug-likeness (QED) is 0.799. The molecule has 0 spiro atoms. The maximum Gasteiger partial charge on any atom is 0.165 e. The van der Waals surface area contributed by atoms with Crippen LogP contribution in [-0.2, 0) is 6.54 Å². The van der Waals surface area contributed by atoms with Crippen molar-refractivity contribution >= 4 is 5.78 Å². The summed E-state index contributed by atoms with van der Waals surface area (Å²) in [7, 11) is 1.45. The van der Waals surface area contributed by atoms with E-state index in [1.807, 2.05) is 19.2 Å². The Hall–Kier alpha value is -2.10. The second-order valence-corrected chi connectivity index (χ2v) is 5.48. The van der Waals surface area contributed by atoms with E-state index in [9.17, 15) is 9.18 Å². The summed E-state index contributed by atoms with van der Waals surface area (Å²) in [5.41, 5.74) is 3.42. The van der Waals surface area contributed by atoms with Gasteiger partial charge in [0.1, 0.15) is 0 Å². The number of rotatable bonds is 3. The third-order valence-electron chi connectivity index (χ3n) is 4.17. The fourth-order valence-electron chi connectivity index (χ4n) is 3.07. The molecule has 0 N–H and O–H groups in total. The van der Waals surface area contributed by atoms with Crippen LogP contribution in [0.5, 0.6) is 5.75 Å². The van der Waals surface area contributed by atoms with Gasteiger partial charge in [-0.15, -0.1) is 0 Å². The molecular formula is C17H18FNO2. The van der Waals surface area contributed by atoms with Crippen LogP contribution in [0, 0.1) is 5.82 Å². The molecule has 3 nitrogen and oxygen atoms in total. The molecule has 110 valence electrons. The Labute approximate surface area is 123 Å². The van der Waals surface area contributed by atoms with Crippen LogP contribution in [-0.4, -0.2) is 17.5 Å². The smallest absolute Gasteiger partial charge is 0.165 e. The zero-order valence-corrected chi connectivity index (χ0v) is 12.4. The van der Waals surface area contributed by atoms with Crippen molar-refractivity contribution in [2.75, 3.05) is 7.11 Å². The lowest BCUT2D eigenvalue weighted by Crippen LogP contribution is -2.16. The highest BCUT2D eigenvalue weighted by Crippen LogP contribution is 2.41. The highest BCUT2D eigenvalue weighted by molar-refractivity contribution is 6.02. The molecule has 1 unspecified atom stereocenters. The molecule has 21 heavy (non-hydrogen) atoms. The molecule has 0 aliphatic carbocycles. The maximum absolute atomic E-state index is 14.0. The van der Waals surface area contributed by atoms with Crippen molar-refractivity contribution < 1.29 is 13.9 Å². The van der Waals surface area contributed by atoms with E-state index >= 15 is 0 Å². The van der Waals surface area contributed by atoms with Gasteiger partial charge in [0.25, 0.3) is 0 Å². The molecule has 2 aromatic rings. The van der Waals surface area contributed by atoms with E-state index in [1.54, 1.807) is 6.07 Å². The number of aromatic nitrogens is 1. The Morgan fingerprint density at radius 1 is 1.48 bits per heavy atom. The van der Waals surface area contributed by atoms with Gasteiger partial charge in [-0.25, -0.2) is 4.39 Å². The number of ether oxygens (including phenoxy) is 1. The number of Topliss-reactive ketones (excluding diaryl/α,β-unsaturated/α-hetero) is 1. The van der Waals surface area contributed by atoms with E-state index in [0.29, 0.717) is 12.0 Å². The van der Waals surface area contributed by atoms with Crippen molar-refractivity contribution in [1.29, 1.82) is 0 Å². The summed E-state index contributed by atoms with van der Waals surface area (Å²) in [4.78, 5) is 12.1. The number of carbonyl (C=O) groups is 1. The molecule has 0 radical (unpaired) electrons. The Morgan fingerprint density at radius 2 is 2.24 bits per heavy atom. The topological polar surface area (TPSA) is 31.2 Å². The normalized spacial score (nSPS) is 16.3. The molecule has 1 atom stereocenters. The molecule has 1 aromatic carbocycles. The van der Waals surface area contributed by atoms with E-state index in [4.69, 9.17) is 4.74 Å². The van der Waals surface area contributed by atoms with Gasteiger partial charge >= 0.3 is 0 Å². The van der Waals surface area contributed by atoms with Crippen molar-refractivity contribution in [2.45, 2.75) is 32.7 Å². The fourth-order valence-corrected chi connectivity index (χ4v) is 3.07. The largest absolute Gasteiger partial charge is 0.494 e. The van der Waals surface area contributed by atoms with Gasteiger partial charge in [-0.05, 0) is 29.7 Å². The summed E-state index contributed by atoms with van der Waals surface area (Å²) in [6, 6.07) is 5.10. The number of carbonyl (C=O) groups excluding carboxylic acids is 1. The Kier molecular flexibility index (Phi) is 3.32. The SMILES string of the molecule is CCC(=O)c1ccn2c1-c1cc(OC)c(F)cc1C(C)C2. The van der Waals surface area contributed by atoms with E-state index in [2.05, 4.69) is 11.5 Å². The predicted octanol–water partition coefficient (Wildman–Crippen LogP) is 4.01. The van der Waals surface area contributed by atoms with Crippen molar-refractivity contribution in [3.8, 4) is 17.0 Å². The number of nitrogens with zero attached hydrogens (tertiary/aromatic N) is 1. The third kappa shape index (κ3) is 2.06. The van der Waals surface area contributed by atoms with Crippen LogP contribution in [0.25, 0.3) is 11.3 Å². The molecule has 3 rings (SSSR count). The summed E-state index contributed by atoms with van der Waals surface area (Å²) in [5.74, 6) is 0.161. The van der Waals surface area contributed by atoms with Crippen LogP contribution in [0.1, 0.15) is 42.1 Å². The summed E-state index contributed by atoms with van der Waals surface area (Å²) in [6.45, 7) is 4.67. The van der Waals surface area contributed by atoms with Crippen molar-refractivity contribution in [3.05, 3.63) is 41.3 Å². The first-order valence-electron chi connectivity index (χ1n) is 7.17. The van der Waals surface area contributed by atoms with Gasteiger partial charge in [0, 0.05) is 30.3 Å². The van der Waals surface area contributed by atoms with Gasteiger partial charge in [0.05, 0.1) is 12.8 Å². The van der Waals surface area contributed by atoms with E-state index in [1.165, 1.54) is 13.2 Å². The van der Waals surface area contributed by atoms with Crippen LogP contribution in [0.15, 0.2) is 24.4 Å². The molecule has 0 bridgehead atoms. The van der Waals surface area contributed by atoms with Gasteiger partial charge in [-0.2, -0.15) is 0 Å². The molecule has 4 heteroatoms. The Bertz CT molecular complexity index is 718.